The summed E-state index contributed by atoms with van der Waals surface area (Å²) in [6, 6.07) is 3.83. The number of ether oxygens (including phenoxy) is 1. The van der Waals surface area contributed by atoms with E-state index >= 15 is 0 Å². The fraction of sp³-hybridized carbons (Fsp3) is 0.562. The maximum atomic E-state index is 11.6. The molecule has 0 bridgehead atoms. The minimum absolute atomic E-state index is 0.341. The van der Waals surface area contributed by atoms with Gasteiger partial charge in [0, 0.05) is 19.3 Å². The molecule has 2 heterocycles. The molecule has 0 saturated carbocycles. The van der Waals surface area contributed by atoms with E-state index in [2.05, 4.69) is 22.2 Å². The lowest BCUT2D eigenvalue weighted by molar-refractivity contribution is 0.0519. The van der Waals surface area contributed by atoms with Crippen LogP contribution >= 0.6 is 0 Å². The second-order valence-electron chi connectivity index (χ2n) is 6.56. The van der Waals surface area contributed by atoms with Gasteiger partial charge in [-0.2, -0.15) is 0 Å². The molecule has 0 aliphatic heterocycles. The van der Waals surface area contributed by atoms with Gasteiger partial charge in [0.25, 0.3) is 0 Å². The van der Waals surface area contributed by atoms with Gasteiger partial charge in [-0.1, -0.05) is 6.92 Å². The SMILES string of the molecule is CC(CCn1cnc2cccnc21)CNC(=O)OC(C)(C)C. The molecule has 120 valence electrons. The average molecular weight is 304 g/mol. The Bertz CT molecular complexity index is 630. The van der Waals surface area contributed by atoms with Gasteiger partial charge >= 0.3 is 6.09 Å². The normalized spacial score (nSPS) is 13.1. The topological polar surface area (TPSA) is 69.0 Å². The lowest BCUT2D eigenvalue weighted by Gasteiger charge is -2.20. The number of nitrogens with one attached hydrogen (secondary N) is 1. The van der Waals surface area contributed by atoms with Crippen LogP contribution < -0.4 is 5.32 Å². The maximum absolute atomic E-state index is 11.6. The van der Waals surface area contributed by atoms with Crippen LogP contribution in [0.3, 0.4) is 0 Å². The number of imidazole rings is 1. The van der Waals surface area contributed by atoms with Crippen molar-refractivity contribution in [1.82, 2.24) is 19.9 Å². The molecule has 0 spiro atoms. The van der Waals surface area contributed by atoms with Crippen molar-refractivity contribution in [2.24, 2.45) is 5.92 Å². The first kappa shape index (κ1) is 16.3. The minimum Gasteiger partial charge on any atom is -0.444 e. The Labute approximate surface area is 130 Å². The van der Waals surface area contributed by atoms with Gasteiger partial charge in [0.1, 0.15) is 11.1 Å². The second-order valence-corrected chi connectivity index (χ2v) is 6.56. The Hall–Kier alpha value is -2.11. The third kappa shape index (κ3) is 4.72. The van der Waals surface area contributed by atoms with Crippen LogP contribution in [-0.4, -0.2) is 32.8 Å². The van der Waals surface area contributed by atoms with Crippen molar-refractivity contribution in [2.45, 2.75) is 46.3 Å². The van der Waals surface area contributed by atoms with Crippen molar-refractivity contribution in [3.63, 3.8) is 0 Å². The summed E-state index contributed by atoms with van der Waals surface area (Å²) in [6.45, 7) is 9.08. The van der Waals surface area contributed by atoms with Crippen molar-refractivity contribution < 1.29 is 9.53 Å². The highest BCUT2D eigenvalue weighted by Crippen LogP contribution is 2.12. The number of amides is 1. The van der Waals surface area contributed by atoms with Crippen LogP contribution in [0.15, 0.2) is 24.7 Å². The Morgan fingerprint density at radius 2 is 2.18 bits per heavy atom. The van der Waals surface area contributed by atoms with Gasteiger partial charge in [-0.05, 0) is 45.2 Å². The fourth-order valence-electron chi connectivity index (χ4n) is 2.09. The molecule has 2 aromatic rings. The van der Waals surface area contributed by atoms with Crippen LogP contribution in [0, 0.1) is 5.92 Å². The number of alkyl carbamates (subject to hydrolysis) is 1. The summed E-state index contributed by atoms with van der Waals surface area (Å²) in [5, 5.41) is 2.80. The van der Waals surface area contributed by atoms with E-state index in [-0.39, 0.29) is 6.09 Å². The van der Waals surface area contributed by atoms with E-state index in [4.69, 9.17) is 4.74 Å². The van der Waals surface area contributed by atoms with E-state index in [1.54, 1.807) is 6.20 Å². The molecule has 22 heavy (non-hydrogen) atoms. The van der Waals surface area contributed by atoms with Crippen molar-refractivity contribution in [1.29, 1.82) is 0 Å². The number of hydrogen-bond acceptors (Lipinski definition) is 4. The molecule has 2 aromatic heterocycles. The number of nitrogens with zero attached hydrogens (tertiary/aromatic N) is 3. The quantitative estimate of drug-likeness (QED) is 0.922. The van der Waals surface area contributed by atoms with Crippen molar-refractivity contribution in [2.75, 3.05) is 6.54 Å². The molecule has 1 N–H and O–H groups in total. The molecule has 6 nitrogen and oxygen atoms in total. The molecule has 2 rings (SSSR count). The number of fused-ring (bicyclic) bond motifs is 1. The number of carbonyl (C=O) groups excluding carboxylic acids is 1. The lowest BCUT2D eigenvalue weighted by Crippen LogP contribution is -2.35. The second kappa shape index (κ2) is 6.77. The molecule has 0 fully saturated rings. The van der Waals surface area contributed by atoms with E-state index in [0.29, 0.717) is 12.5 Å². The molecule has 0 aliphatic carbocycles. The average Bonchev–Trinajstić information content (AvgIpc) is 2.84. The van der Waals surface area contributed by atoms with Crippen LogP contribution in [0.5, 0.6) is 0 Å². The van der Waals surface area contributed by atoms with Gasteiger partial charge in [0.2, 0.25) is 0 Å². The van der Waals surface area contributed by atoms with E-state index in [0.717, 1.165) is 24.1 Å². The Morgan fingerprint density at radius 3 is 2.91 bits per heavy atom. The summed E-state index contributed by atoms with van der Waals surface area (Å²) in [6.07, 6.45) is 4.14. The number of rotatable bonds is 5. The zero-order valence-electron chi connectivity index (χ0n) is 13.7. The molecular weight excluding hydrogens is 280 g/mol. The Balaban J connectivity index is 1.78. The maximum Gasteiger partial charge on any atom is 0.407 e. The van der Waals surface area contributed by atoms with Gasteiger partial charge in [-0.25, -0.2) is 14.8 Å². The predicted octanol–water partition coefficient (Wildman–Crippen LogP) is 2.98. The highest BCUT2D eigenvalue weighted by molar-refractivity contribution is 5.70. The van der Waals surface area contributed by atoms with Crippen LogP contribution in [0.2, 0.25) is 0 Å². The molecular formula is C16H24N4O2. The zero-order chi connectivity index (χ0) is 16.2. The standard InChI is InChI=1S/C16H24N4O2/c1-12(10-18-15(21)22-16(2,3)4)7-9-20-11-19-13-6-5-8-17-14(13)20/h5-6,8,11-12H,7,9-10H2,1-4H3,(H,18,21). The predicted molar refractivity (Wildman–Crippen MR) is 85.5 cm³/mol. The third-order valence-electron chi connectivity index (χ3n) is 3.23. The highest BCUT2D eigenvalue weighted by Gasteiger charge is 2.16. The highest BCUT2D eigenvalue weighted by atomic mass is 16.6. The van der Waals surface area contributed by atoms with Crippen LogP contribution in [0.4, 0.5) is 4.79 Å². The van der Waals surface area contributed by atoms with Crippen molar-refractivity contribution in [3.05, 3.63) is 24.7 Å². The number of pyridine rings is 1. The fourth-order valence-corrected chi connectivity index (χ4v) is 2.09. The molecule has 1 unspecified atom stereocenters. The summed E-state index contributed by atoms with van der Waals surface area (Å²) in [5.74, 6) is 0.341. The minimum atomic E-state index is -0.464. The van der Waals surface area contributed by atoms with Gasteiger partial charge in [0.05, 0.1) is 6.33 Å². The van der Waals surface area contributed by atoms with E-state index in [9.17, 15) is 4.79 Å². The molecule has 1 atom stereocenters. The number of aryl methyl sites for hydroxylation is 1. The van der Waals surface area contributed by atoms with Gasteiger partial charge in [0.15, 0.2) is 5.65 Å². The molecule has 0 aromatic carbocycles. The Kier molecular flexibility index (Phi) is 5.00. The molecule has 0 aliphatic rings. The van der Waals surface area contributed by atoms with Gasteiger partial charge in [-0.3, -0.25) is 0 Å². The molecule has 1 amide bonds. The largest absolute Gasteiger partial charge is 0.444 e. The van der Waals surface area contributed by atoms with Crippen LogP contribution in [0.1, 0.15) is 34.1 Å². The molecule has 6 heteroatoms. The number of aromatic nitrogens is 3. The molecule has 0 radical (unpaired) electrons. The summed E-state index contributed by atoms with van der Waals surface area (Å²) < 4.78 is 7.26. The number of hydrogen-bond donors (Lipinski definition) is 1. The first-order valence-electron chi connectivity index (χ1n) is 7.58. The van der Waals surface area contributed by atoms with Crippen molar-refractivity contribution in [3.8, 4) is 0 Å². The third-order valence-corrected chi connectivity index (χ3v) is 3.23. The smallest absolute Gasteiger partial charge is 0.407 e. The Morgan fingerprint density at radius 1 is 1.41 bits per heavy atom. The summed E-state index contributed by atoms with van der Waals surface area (Å²) in [7, 11) is 0. The van der Waals surface area contributed by atoms with E-state index in [1.807, 2.05) is 43.8 Å². The van der Waals surface area contributed by atoms with Gasteiger partial charge in [-0.15, -0.1) is 0 Å². The summed E-state index contributed by atoms with van der Waals surface area (Å²) in [5.41, 5.74) is 1.34. The zero-order valence-corrected chi connectivity index (χ0v) is 13.7. The first-order chi connectivity index (χ1) is 10.3. The van der Waals surface area contributed by atoms with E-state index < -0.39 is 5.60 Å². The van der Waals surface area contributed by atoms with Crippen LogP contribution in [-0.2, 0) is 11.3 Å². The molecule has 0 saturated heterocycles. The van der Waals surface area contributed by atoms with E-state index in [1.165, 1.54) is 0 Å². The summed E-state index contributed by atoms with van der Waals surface area (Å²) in [4.78, 5) is 20.3. The lowest BCUT2D eigenvalue weighted by atomic mass is 10.1. The first-order valence-corrected chi connectivity index (χ1v) is 7.58. The van der Waals surface area contributed by atoms with Gasteiger partial charge < -0.3 is 14.6 Å². The van der Waals surface area contributed by atoms with Crippen molar-refractivity contribution >= 4 is 17.3 Å². The summed E-state index contributed by atoms with van der Waals surface area (Å²) >= 11 is 0. The van der Waals surface area contributed by atoms with Crippen LogP contribution in [0.25, 0.3) is 11.2 Å². The monoisotopic (exact) mass is 304 g/mol. The number of carbonyl (C=O) groups is 1.